The Hall–Kier alpha value is -2.15. The third-order valence-electron chi connectivity index (χ3n) is 2.67. The zero-order valence-electron chi connectivity index (χ0n) is 11.5. The molecule has 0 saturated heterocycles. The standard InChI is InChI=1S/C14H13FN2O3S/c1-3-20-13(19)11-8-16-14(21-2)17(12(11)18)10-6-4-5-9(15)7-10/h4-8H,3H2,1-2H3. The summed E-state index contributed by atoms with van der Waals surface area (Å²) in [5.74, 6) is -1.22. The van der Waals surface area contributed by atoms with Gasteiger partial charge in [0.1, 0.15) is 11.4 Å². The van der Waals surface area contributed by atoms with Gasteiger partial charge < -0.3 is 4.74 Å². The van der Waals surface area contributed by atoms with Crippen LogP contribution in [-0.4, -0.2) is 28.4 Å². The second kappa shape index (κ2) is 6.53. The van der Waals surface area contributed by atoms with Gasteiger partial charge in [-0.05, 0) is 31.4 Å². The van der Waals surface area contributed by atoms with Crippen molar-refractivity contribution in [2.45, 2.75) is 12.1 Å². The Bertz CT molecular complexity index is 730. The molecule has 21 heavy (non-hydrogen) atoms. The van der Waals surface area contributed by atoms with Gasteiger partial charge in [0.2, 0.25) is 0 Å². The molecule has 110 valence electrons. The highest BCUT2D eigenvalue weighted by atomic mass is 32.2. The molecule has 0 amide bonds. The summed E-state index contributed by atoms with van der Waals surface area (Å²) in [5.41, 5.74) is -0.458. The van der Waals surface area contributed by atoms with Gasteiger partial charge in [-0.1, -0.05) is 17.8 Å². The molecule has 1 aromatic heterocycles. The van der Waals surface area contributed by atoms with Crippen LogP contribution in [0.3, 0.4) is 0 Å². The zero-order chi connectivity index (χ0) is 15.4. The van der Waals surface area contributed by atoms with E-state index in [4.69, 9.17) is 4.74 Å². The van der Waals surface area contributed by atoms with Gasteiger partial charge in [0.05, 0.1) is 18.5 Å². The Kier molecular flexibility index (Phi) is 4.74. The molecule has 7 heteroatoms. The first-order valence-electron chi connectivity index (χ1n) is 6.17. The monoisotopic (exact) mass is 308 g/mol. The number of thioether (sulfide) groups is 1. The first kappa shape index (κ1) is 15.2. The maximum atomic E-state index is 13.4. The highest BCUT2D eigenvalue weighted by Crippen LogP contribution is 2.16. The fourth-order valence-corrected chi connectivity index (χ4v) is 2.30. The van der Waals surface area contributed by atoms with Crippen molar-refractivity contribution in [2.75, 3.05) is 12.9 Å². The van der Waals surface area contributed by atoms with Gasteiger partial charge in [0, 0.05) is 0 Å². The van der Waals surface area contributed by atoms with E-state index in [0.717, 1.165) is 0 Å². The molecule has 5 nitrogen and oxygen atoms in total. The van der Waals surface area contributed by atoms with Crippen LogP contribution < -0.4 is 5.56 Å². The molecule has 1 heterocycles. The molecule has 2 aromatic rings. The highest BCUT2D eigenvalue weighted by molar-refractivity contribution is 7.98. The van der Waals surface area contributed by atoms with Crippen LogP contribution in [0.1, 0.15) is 17.3 Å². The average molecular weight is 308 g/mol. The van der Waals surface area contributed by atoms with Crippen molar-refractivity contribution in [3.8, 4) is 5.69 Å². The molecule has 0 N–H and O–H groups in total. The van der Waals surface area contributed by atoms with Gasteiger partial charge in [-0.2, -0.15) is 0 Å². The smallest absolute Gasteiger partial charge is 0.345 e. The lowest BCUT2D eigenvalue weighted by molar-refractivity contribution is 0.0523. The van der Waals surface area contributed by atoms with Crippen LogP contribution in [0.5, 0.6) is 0 Å². The van der Waals surface area contributed by atoms with E-state index in [1.807, 2.05) is 0 Å². The molecule has 0 aliphatic rings. The van der Waals surface area contributed by atoms with Gasteiger partial charge in [0.25, 0.3) is 5.56 Å². The lowest BCUT2D eigenvalue weighted by atomic mass is 10.3. The summed E-state index contributed by atoms with van der Waals surface area (Å²) in [6.07, 6.45) is 2.92. The zero-order valence-corrected chi connectivity index (χ0v) is 12.3. The number of ether oxygens (including phenoxy) is 1. The van der Waals surface area contributed by atoms with Crippen LogP contribution >= 0.6 is 11.8 Å². The van der Waals surface area contributed by atoms with Gasteiger partial charge in [0.15, 0.2) is 5.16 Å². The summed E-state index contributed by atoms with van der Waals surface area (Å²) in [6, 6.07) is 5.53. The third kappa shape index (κ3) is 3.13. The number of rotatable bonds is 4. The third-order valence-corrected chi connectivity index (χ3v) is 3.33. The van der Waals surface area contributed by atoms with E-state index in [1.165, 1.54) is 40.7 Å². The number of carbonyl (C=O) groups excluding carboxylic acids is 1. The van der Waals surface area contributed by atoms with Gasteiger partial charge in [-0.25, -0.2) is 14.2 Å². The fraction of sp³-hybridized carbons (Fsp3) is 0.214. The normalized spacial score (nSPS) is 10.4. The van der Waals surface area contributed by atoms with Gasteiger partial charge in [-0.3, -0.25) is 9.36 Å². The van der Waals surface area contributed by atoms with Gasteiger partial charge in [-0.15, -0.1) is 0 Å². The lowest BCUT2D eigenvalue weighted by Crippen LogP contribution is -2.28. The number of hydrogen-bond acceptors (Lipinski definition) is 5. The molecular formula is C14H13FN2O3S. The van der Waals surface area contributed by atoms with E-state index in [1.54, 1.807) is 19.2 Å². The van der Waals surface area contributed by atoms with E-state index in [9.17, 15) is 14.0 Å². The number of benzene rings is 1. The molecule has 0 atom stereocenters. The molecule has 0 aliphatic carbocycles. The number of esters is 1. The average Bonchev–Trinajstić information content (AvgIpc) is 2.46. The molecule has 2 rings (SSSR count). The van der Waals surface area contributed by atoms with E-state index in [0.29, 0.717) is 10.8 Å². The van der Waals surface area contributed by atoms with Crippen molar-refractivity contribution >= 4 is 17.7 Å². The van der Waals surface area contributed by atoms with Crippen LogP contribution in [0.2, 0.25) is 0 Å². The molecule has 0 radical (unpaired) electrons. The molecule has 0 spiro atoms. The van der Waals surface area contributed by atoms with Crippen molar-refractivity contribution in [3.05, 3.63) is 52.2 Å². The van der Waals surface area contributed by atoms with Crippen molar-refractivity contribution in [2.24, 2.45) is 0 Å². The van der Waals surface area contributed by atoms with Crippen LogP contribution in [0.15, 0.2) is 40.4 Å². The number of nitrogens with zero attached hydrogens (tertiary/aromatic N) is 2. The maximum absolute atomic E-state index is 13.4. The van der Waals surface area contributed by atoms with Crippen LogP contribution in [0, 0.1) is 5.82 Å². The summed E-state index contributed by atoms with van der Waals surface area (Å²) in [4.78, 5) is 28.3. The minimum Gasteiger partial charge on any atom is -0.462 e. The van der Waals surface area contributed by atoms with E-state index in [-0.39, 0.29) is 12.2 Å². The van der Waals surface area contributed by atoms with Crippen molar-refractivity contribution in [3.63, 3.8) is 0 Å². The minimum atomic E-state index is -0.743. The molecule has 0 bridgehead atoms. The fourth-order valence-electron chi connectivity index (χ4n) is 1.78. The Balaban J connectivity index is 2.66. The number of halogens is 1. The predicted octanol–water partition coefficient (Wildman–Crippen LogP) is 2.27. The van der Waals surface area contributed by atoms with E-state index < -0.39 is 17.3 Å². The Morgan fingerprint density at radius 1 is 1.48 bits per heavy atom. The SMILES string of the molecule is CCOC(=O)c1cnc(SC)n(-c2cccc(F)c2)c1=O. The maximum Gasteiger partial charge on any atom is 0.345 e. The Morgan fingerprint density at radius 2 is 2.24 bits per heavy atom. The highest BCUT2D eigenvalue weighted by Gasteiger charge is 2.18. The first-order chi connectivity index (χ1) is 10.1. The second-order valence-corrected chi connectivity index (χ2v) is 4.77. The molecule has 0 unspecified atom stereocenters. The first-order valence-corrected chi connectivity index (χ1v) is 7.40. The van der Waals surface area contributed by atoms with Crippen molar-refractivity contribution in [1.29, 1.82) is 0 Å². The number of aromatic nitrogens is 2. The number of carbonyl (C=O) groups is 1. The minimum absolute atomic E-state index is 0.155. The van der Waals surface area contributed by atoms with Crippen LogP contribution in [0.4, 0.5) is 4.39 Å². The van der Waals surface area contributed by atoms with Crippen molar-refractivity contribution in [1.82, 2.24) is 9.55 Å². The van der Waals surface area contributed by atoms with Gasteiger partial charge >= 0.3 is 5.97 Å². The quantitative estimate of drug-likeness (QED) is 0.492. The summed E-state index contributed by atoms with van der Waals surface area (Å²) < 4.78 is 19.4. The lowest BCUT2D eigenvalue weighted by Gasteiger charge is -2.11. The Morgan fingerprint density at radius 3 is 2.86 bits per heavy atom. The molecular weight excluding hydrogens is 295 g/mol. The summed E-state index contributed by atoms with van der Waals surface area (Å²) in [7, 11) is 0. The largest absolute Gasteiger partial charge is 0.462 e. The summed E-state index contributed by atoms with van der Waals surface area (Å²) >= 11 is 1.22. The van der Waals surface area contributed by atoms with Crippen molar-refractivity contribution < 1.29 is 13.9 Å². The predicted molar refractivity (Wildman–Crippen MR) is 77.5 cm³/mol. The summed E-state index contributed by atoms with van der Waals surface area (Å²) in [5, 5.41) is 0.360. The molecule has 0 aliphatic heterocycles. The second-order valence-electron chi connectivity index (χ2n) is 4.00. The van der Waals surface area contributed by atoms with Crippen LogP contribution in [-0.2, 0) is 4.74 Å². The van der Waals surface area contributed by atoms with E-state index in [2.05, 4.69) is 4.98 Å². The molecule has 0 saturated carbocycles. The van der Waals surface area contributed by atoms with E-state index >= 15 is 0 Å². The molecule has 1 aromatic carbocycles. The topological polar surface area (TPSA) is 61.2 Å². The summed E-state index contributed by atoms with van der Waals surface area (Å²) in [6.45, 7) is 1.80. The molecule has 0 fully saturated rings. The Labute approximate surface area is 124 Å². The van der Waals surface area contributed by atoms with Crippen LogP contribution in [0.25, 0.3) is 5.69 Å². The number of hydrogen-bond donors (Lipinski definition) is 0.